The third-order valence-electron chi connectivity index (χ3n) is 5.03. The van der Waals surface area contributed by atoms with Crippen LogP contribution >= 0.6 is 0 Å². The molecule has 2 bridgehead atoms. The molecule has 21 heavy (non-hydrogen) atoms. The Balaban J connectivity index is 1.68. The number of fused-ring (bicyclic) bond motifs is 3. The summed E-state index contributed by atoms with van der Waals surface area (Å²) >= 11 is 0. The summed E-state index contributed by atoms with van der Waals surface area (Å²) in [4.78, 5) is 15.1. The molecule has 0 saturated carbocycles. The fraction of sp³-hybridized carbons (Fsp3) is 0.611. The molecule has 0 radical (unpaired) electrons. The lowest BCUT2D eigenvalue weighted by atomic mass is 9.84. The number of hydrogen-bond acceptors (Lipinski definition) is 2. The molecule has 3 aliphatic rings. The molecule has 3 aliphatic heterocycles. The van der Waals surface area contributed by atoms with Gasteiger partial charge in [-0.15, -0.1) is 0 Å². The van der Waals surface area contributed by atoms with E-state index < -0.39 is 0 Å². The largest absolute Gasteiger partial charge is 0.348 e. The van der Waals surface area contributed by atoms with Crippen LogP contribution < -0.4 is 5.32 Å². The fourth-order valence-electron chi connectivity index (χ4n) is 3.70. The molecule has 1 aromatic rings. The number of amides is 1. The predicted octanol–water partition coefficient (Wildman–Crippen LogP) is 2.85. The van der Waals surface area contributed by atoms with Crippen molar-refractivity contribution in [2.24, 2.45) is 5.92 Å². The Bertz CT molecular complexity index is 492. The van der Waals surface area contributed by atoms with Gasteiger partial charge in [-0.05, 0) is 56.3 Å². The zero-order valence-corrected chi connectivity index (χ0v) is 13.0. The molecule has 3 heterocycles. The highest BCUT2D eigenvalue weighted by atomic mass is 16.1. The maximum absolute atomic E-state index is 12.6. The highest BCUT2D eigenvalue weighted by Gasteiger charge is 2.35. The van der Waals surface area contributed by atoms with Gasteiger partial charge in [0, 0.05) is 18.2 Å². The molecule has 0 aliphatic carbocycles. The third-order valence-corrected chi connectivity index (χ3v) is 5.03. The van der Waals surface area contributed by atoms with Crippen LogP contribution in [0.2, 0.25) is 0 Å². The molecule has 4 rings (SSSR count). The van der Waals surface area contributed by atoms with Crippen molar-refractivity contribution < 1.29 is 4.79 Å². The number of aryl methyl sites for hydroxylation is 1. The van der Waals surface area contributed by atoms with E-state index in [1.165, 1.54) is 31.5 Å². The number of unbranched alkanes of at least 4 members (excludes halogenated alkanes) is 1. The highest BCUT2D eigenvalue weighted by molar-refractivity contribution is 5.95. The first-order chi connectivity index (χ1) is 10.3. The first-order valence-electron chi connectivity index (χ1n) is 8.39. The van der Waals surface area contributed by atoms with E-state index >= 15 is 0 Å². The predicted molar refractivity (Wildman–Crippen MR) is 85.5 cm³/mol. The second-order valence-electron chi connectivity index (χ2n) is 6.48. The number of piperidine rings is 3. The smallest absolute Gasteiger partial charge is 0.251 e. The average Bonchev–Trinajstić information content (AvgIpc) is 2.54. The fourth-order valence-corrected chi connectivity index (χ4v) is 3.70. The van der Waals surface area contributed by atoms with Crippen LogP contribution in [0.5, 0.6) is 0 Å². The Morgan fingerprint density at radius 2 is 2.05 bits per heavy atom. The minimum Gasteiger partial charge on any atom is -0.348 e. The van der Waals surface area contributed by atoms with Crippen molar-refractivity contribution in [1.29, 1.82) is 0 Å². The van der Waals surface area contributed by atoms with Crippen LogP contribution in [0.4, 0.5) is 0 Å². The van der Waals surface area contributed by atoms with Gasteiger partial charge in [0.05, 0.1) is 0 Å². The van der Waals surface area contributed by atoms with Crippen molar-refractivity contribution in [2.45, 2.75) is 45.1 Å². The lowest BCUT2D eigenvalue weighted by molar-refractivity contribution is 0.0620. The molecule has 3 heteroatoms. The van der Waals surface area contributed by atoms with Crippen molar-refractivity contribution in [3.8, 4) is 0 Å². The zero-order valence-electron chi connectivity index (χ0n) is 13.0. The van der Waals surface area contributed by atoms with Gasteiger partial charge in [0.1, 0.15) is 0 Å². The number of rotatable bonds is 5. The van der Waals surface area contributed by atoms with Crippen molar-refractivity contribution in [3.63, 3.8) is 0 Å². The van der Waals surface area contributed by atoms with Gasteiger partial charge < -0.3 is 10.2 Å². The monoisotopic (exact) mass is 286 g/mol. The maximum atomic E-state index is 12.6. The Labute approximate surface area is 127 Å². The number of hydrogen-bond donors (Lipinski definition) is 1. The molecule has 1 N–H and O–H groups in total. The standard InChI is InChI=1S/C18H26N2O/c1-2-3-6-14-7-4-5-8-16(14)18(21)19-17-13-20-11-9-15(17)10-12-20/h4-5,7-8,15,17H,2-3,6,9-13H2,1H3,(H,19,21). The first-order valence-corrected chi connectivity index (χ1v) is 8.39. The highest BCUT2D eigenvalue weighted by Crippen LogP contribution is 2.27. The molecule has 3 saturated heterocycles. The van der Waals surface area contributed by atoms with Gasteiger partial charge in [-0.2, -0.15) is 0 Å². The summed E-state index contributed by atoms with van der Waals surface area (Å²) in [6.07, 6.45) is 5.78. The number of carbonyl (C=O) groups is 1. The Hall–Kier alpha value is -1.35. The molecule has 0 aromatic heterocycles. The van der Waals surface area contributed by atoms with E-state index in [1.54, 1.807) is 0 Å². The summed E-state index contributed by atoms with van der Waals surface area (Å²) in [6.45, 7) is 5.65. The van der Waals surface area contributed by atoms with Gasteiger partial charge in [-0.1, -0.05) is 31.5 Å². The third kappa shape index (κ3) is 3.29. The Morgan fingerprint density at radius 1 is 1.29 bits per heavy atom. The van der Waals surface area contributed by atoms with Crippen molar-refractivity contribution in [1.82, 2.24) is 10.2 Å². The van der Waals surface area contributed by atoms with E-state index in [-0.39, 0.29) is 5.91 Å². The van der Waals surface area contributed by atoms with Gasteiger partial charge >= 0.3 is 0 Å². The molecule has 1 atom stereocenters. The molecule has 3 nitrogen and oxygen atoms in total. The number of benzene rings is 1. The minimum atomic E-state index is 0.125. The molecular formula is C18H26N2O. The summed E-state index contributed by atoms with van der Waals surface area (Å²) in [5, 5.41) is 3.30. The number of carbonyl (C=O) groups excluding carboxylic acids is 1. The summed E-state index contributed by atoms with van der Waals surface area (Å²) < 4.78 is 0. The number of nitrogens with one attached hydrogen (secondary N) is 1. The molecular weight excluding hydrogens is 260 g/mol. The topological polar surface area (TPSA) is 32.3 Å². The van der Waals surface area contributed by atoms with E-state index in [9.17, 15) is 4.79 Å². The quantitative estimate of drug-likeness (QED) is 0.902. The summed E-state index contributed by atoms with van der Waals surface area (Å²) in [7, 11) is 0. The lowest BCUT2D eigenvalue weighted by Crippen LogP contribution is -2.57. The molecule has 0 spiro atoms. The van der Waals surface area contributed by atoms with Crippen molar-refractivity contribution in [3.05, 3.63) is 35.4 Å². The molecule has 114 valence electrons. The Morgan fingerprint density at radius 3 is 2.71 bits per heavy atom. The van der Waals surface area contributed by atoms with Crippen LogP contribution in [-0.4, -0.2) is 36.5 Å². The summed E-state index contributed by atoms with van der Waals surface area (Å²) in [6, 6.07) is 8.43. The van der Waals surface area contributed by atoms with Crippen molar-refractivity contribution >= 4 is 5.91 Å². The van der Waals surface area contributed by atoms with Gasteiger partial charge in [0.25, 0.3) is 5.91 Å². The average molecular weight is 286 g/mol. The maximum Gasteiger partial charge on any atom is 0.251 e. The van der Waals surface area contributed by atoms with Crippen LogP contribution in [0.3, 0.4) is 0 Å². The van der Waals surface area contributed by atoms with E-state index in [0.717, 1.165) is 31.4 Å². The second kappa shape index (κ2) is 6.61. The molecule has 1 aromatic carbocycles. The van der Waals surface area contributed by atoms with E-state index in [2.05, 4.69) is 23.2 Å². The van der Waals surface area contributed by atoms with Crippen molar-refractivity contribution in [2.75, 3.05) is 19.6 Å². The number of nitrogens with zero attached hydrogens (tertiary/aromatic N) is 1. The molecule has 3 fully saturated rings. The SMILES string of the molecule is CCCCc1ccccc1C(=O)NC1CN2CCC1CC2. The van der Waals surface area contributed by atoms with Crippen LogP contribution in [0, 0.1) is 5.92 Å². The summed E-state index contributed by atoms with van der Waals surface area (Å²) in [5.41, 5.74) is 2.07. The molecule has 1 amide bonds. The van der Waals surface area contributed by atoms with Crippen LogP contribution in [0.15, 0.2) is 24.3 Å². The van der Waals surface area contributed by atoms with Crippen LogP contribution in [-0.2, 0) is 6.42 Å². The summed E-state index contributed by atoms with van der Waals surface area (Å²) in [5.74, 6) is 0.808. The zero-order chi connectivity index (χ0) is 14.7. The van der Waals surface area contributed by atoms with Gasteiger partial charge in [-0.3, -0.25) is 4.79 Å². The molecule has 1 unspecified atom stereocenters. The minimum absolute atomic E-state index is 0.125. The van der Waals surface area contributed by atoms with E-state index in [4.69, 9.17) is 0 Å². The van der Waals surface area contributed by atoms with Gasteiger partial charge in [-0.25, -0.2) is 0 Å². The normalized spacial score (nSPS) is 27.6. The van der Waals surface area contributed by atoms with E-state index in [0.29, 0.717) is 12.0 Å². The van der Waals surface area contributed by atoms with Gasteiger partial charge in [0.15, 0.2) is 0 Å². The first kappa shape index (κ1) is 14.6. The van der Waals surface area contributed by atoms with Crippen LogP contribution in [0.1, 0.15) is 48.5 Å². The lowest BCUT2D eigenvalue weighted by Gasteiger charge is -2.45. The van der Waals surface area contributed by atoms with E-state index in [1.807, 2.05) is 18.2 Å². The van der Waals surface area contributed by atoms with Gasteiger partial charge in [0.2, 0.25) is 0 Å². The Kier molecular flexibility index (Phi) is 4.59. The second-order valence-corrected chi connectivity index (χ2v) is 6.48. The van der Waals surface area contributed by atoms with Crippen LogP contribution in [0.25, 0.3) is 0 Å².